The molecule has 0 aliphatic heterocycles. The summed E-state index contributed by atoms with van der Waals surface area (Å²) in [6.45, 7) is 14.6. The van der Waals surface area contributed by atoms with E-state index in [1.54, 1.807) is 0 Å². The van der Waals surface area contributed by atoms with Crippen LogP contribution in [0.4, 0.5) is 0 Å². The van der Waals surface area contributed by atoms with Crippen molar-refractivity contribution in [2.45, 2.75) is 59.3 Å². The summed E-state index contributed by atoms with van der Waals surface area (Å²) in [6, 6.07) is 0. The van der Waals surface area contributed by atoms with Gasteiger partial charge in [-0.15, -0.1) is 6.58 Å². The molecule has 0 aromatic rings. The molecule has 0 nitrogen and oxygen atoms in total. The second-order valence-corrected chi connectivity index (χ2v) is 4.55. The number of allylic oxidation sites excluding steroid dienone is 2. The molecule has 0 radical (unpaired) electrons. The molecule has 0 saturated carbocycles. The van der Waals surface area contributed by atoms with Crippen LogP contribution < -0.4 is 0 Å². The van der Waals surface area contributed by atoms with Crippen LogP contribution in [0.2, 0.25) is 0 Å². The minimum Gasteiger partial charge on any atom is -0.100 e. The monoisotopic (exact) mass is 194 g/mol. The van der Waals surface area contributed by atoms with Crippen molar-refractivity contribution >= 4 is 0 Å². The Morgan fingerprint density at radius 1 is 1.07 bits per heavy atom. The van der Waals surface area contributed by atoms with E-state index in [-0.39, 0.29) is 0 Å². The zero-order valence-corrected chi connectivity index (χ0v) is 10.2. The number of rotatable bonds is 8. The second kappa shape index (κ2) is 7.84. The molecule has 0 aromatic carbocycles. The first-order valence-corrected chi connectivity index (χ1v) is 5.87. The highest BCUT2D eigenvalue weighted by Crippen LogP contribution is 2.23. The van der Waals surface area contributed by atoms with Crippen LogP contribution in [0.5, 0.6) is 0 Å². The highest BCUT2D eigenvalue weighted by Gasteiger charge is 2.08. The minimum atomic E-state index is 0.671. The van der Waals surface area contributed by atoms with Crippen LogP contribution in [0.1, 0.15) is 59.3 Å². The molecule has 0 N–H and O–H groups in total. The summed E-state index contributed by atoms with van der Waals surface area (Å²) < 4.78 is 0. The van der Waals surface area contributed by atoms with Gasteiger partial charge in [-0.2, -0.15) is 0 Å². The van der Waals surface area contributed by atoms with Gasteiger partial charge in [0.2, 0.25) is 0 Å². The maximum Gasteiger partial charge on any atom is -0.0172 e. The fraction of sp³-hybridized carbons (Fsp3) is 0.714. The molecule has 0 heterocycles. The molecular formula is C14H26. The lowest BCUT2D eigenvalue weighted by atomic mass is 9.89. The lowest BCUT2D eigenvalue weighted by molar-refractivity contribution is 0.507. The second-order valence-electron chi connectivity index (χ2n) is 4.55. The Kier molecular flexibility index (Phi) is 7.55. The molecule has 0 aromatic heterocycles. The maximum absolute atomic E-state index is 4.07. The summed E-state index contributed by atoms with van der Waals surface area (Å²) in [5, 5.41) is 0. The molecule has 0 saturated heterocycles. The minimum absolute atomic E-state index is 0.671. The number of unbranched alkanes of at least 4 members (excludes halogenated alkanes) is 3. The van der Waals surface area contributed by atoms with Crippen molar-refractivity contribution in [2.24, 2.45) is 5.92 Å². The van der Waals surface area contributed by atoms with Crippen LogP contribution in [0.3, 0.4) is 0 Å². The lowest BCUT2D eigenvalue weighted by Gasteiger charge is -2.16. The molecule has 1 unspecified atom stereocenters. The van der Waals surface area contributed by atoms with Crippen LogP contribution in [0.15, 0.2) is 24.3 Å². The molecule has 14 heavy (non-hydrogen) atoms. The fourth-order valence-corrected chi connectivity index (χ4v) is 1.76. The van der Waals surface area contributed by atoms with Gasteiger partial charge in [-0.05, 0) is 32.6 Å². The third-order valence-electron chi connectivity index (χ3n) is 2.70. The van der Waals surface area contributed by atoms with Crippen LogP contribution in [0, 0.1) is 5.92 Å². The Labute approximate surface area is 90.1 Å². The molecule has 1 atom stereocenters. The third kappa shape index (κ3) is 6.94. The Morgan fingerprint density at radius 3 is 2.14 bits per heavy atom. The SMILES string of the molecule is C=C(C)CC(CCCCCC)C(=C)C. The summed E-state index contributed by atoms with van der Waals surface area (Å²) >= 11 is 0. The standard InChI is InChI=1S/C14H26/c1-6-7-8-9-10-14(13(4)5)11-12(2)3/h14H,2,4,6-11H2,1,3,5H3. The van der Waals surface area contributed by atoms with Crippen molar-refractivity contribution in [3.63, 3.8) is 0 Å². The van der Waals surface area contributed by atoms with E-state index in [0.29, 0.717) is 5.92 Å². The molecule has 0 aliphatic carbocycles. The van der Waals surface area contributed by atoms with E-state index in [1.165, 1.54) is 43.3 Å². The Hall–Kier alpha value is -0.520. The van der Waals surface area contributed by atoms with Crippen molar-refractivity contribution < 1.29 is 0 Å². The van der Waals surface area contributed by atoms with Crippen LogP contribution in [-0.2, 0) is 0 Å². The summed E-state index contributed by atoms with van der Waals surface area (Å²) in [7, 11) is 0. The molecule has 0 aliphatic rings. The number of hydrogen-bond acceptors (Lipinski definition) is 0. The largest absolute Gasteiger partial charge is 0.100 e. The third-order valence-corrected chi connectivity index (χ3v) is 2.70. The molecule has 0 fully saturated rings. The van der Waals surface area contributed by atoms with E-state index in [0.717, 1.165) is 6.42 Å². The fourth-order valence-electron chi connectivity index (χ4n) is 1.76. The Morgan fingerprint density at radius 2 is 1.71 bits per heavy atom. The van der Waals surface area contributed by atoms with Gasteiger partial charge < -0.3 is 0 Å². The molecular weight excluding hydrogens is 168 g/mol. The first kappa shape index (κ1) is 13.5. The average Bonchev–Trinajstić information content (AvgIpc) is 2.09. The van der Waals surface area contributed by atoms with Crippen LogP contribution in [0.25, 0.3) is 0 Å². The highest BCUT2D eigenvalue weighted by atomic mass is 14.1. The molecule has 82 valence electrons. The zero-order valence-electron chi connectivity index (χ0n) is 10.2. The lowest BCUT2D eigenvalue weighted by Crippen LogP contribution is -2.02. The summed E-state index contributed by atoms with van der Waals surface area (Å²) in [4.78, 5) is 0. The van der Waals surface area contributed by atoms with Gasteiger partial charge in [0.05, 0.1) is 0 Å². The van der Waals surface area contributed by atoms with Gasteiger partial charge in [-0.25, -0.2) is 0 Å². The van der Waals surface area contributed by atoms with Crippen molar-refractivity contribution in [1.82, 2.24) is 0 Å². The van der Waals surface area contributed by atoms with E-state index in [2.05, 4.69) is 33.9 Å². The van der Waals surface area contributed by atoms with Crippen molar-refractivity contribution in [2.75, 3.05) is 0 Å². The summed E-state index contributed by atoms with van der Waals surface area (Å²) in [5.74, 6) is 0.671. The Bertz CT molecular complexity index is 176. The van der Waals surface area contributed by atoms with E-state index >= 15 is 0 Å². The van der Waals surface area contributed by atoms with E-state index in [4.69, 9.17) is 0 Å². The van der Waals surface area contributed by atoms with E-state index < -0.39 is 0 Å². The van der Waals surface area contributed by atoms with Crippen molar-refractivity contribution in [3.05, 3.63) is 24.3 Å². The van der Waals surface area contributed by atoms with Crippen LogP contribution >= 0.6 is 0 Å². The van der Waals surface area contributed by atoms with Gasteiger partial charge >= 0.3 is 0 Å². The first-order chi connectivity index (χ1) is 6.57. The van der Waals surface area contributed by atoms with Gasteiger partial charge in [0.1, 0.15) is 0 Å². The van der Waals surface area contributed by atoms with Crippen LogP contribution in [-0.4, -0.2) is 0 Å². The van der Waals surface area contributed by atoms with Gasteiger partial charge in [-0.1, -0.05) is 50.3 Å². The Balaban J connectivity index is 3.74. The summed E-state index contributed by atoms with van der Waals surface area (Å²) in [6.07, 6.45) is 7.83. The van der Waals surface area contributed by atoms with E-state index in [1.807, 2.05) is 0 Å². The van der Waals surface area contributed by atoms with Gasteiger partial charge in [-0.3, -0.25) is 0 Å². The van der Waals surface area contributed by atoms with Gasteiger partial charge in [0.25, 0.3) is 0 Å². The van der Waals surface area contributed by atoms with Gasteiger partial charge in [0.15, 0.2) is 0 Å². The van der Waals surface area contributed by atoms with Crippen molar-refractivity contribution in [1.29, 1.82) is 0 Å². The van der Waals surface area contributed by atoms with E-state index in [9.17, 15) is 0 Å². The molecule has 0 heteroatoms. The highest BCUT2D eigenvalue weighted by molar-refractivity contribution is 5.03. The van der Waals surface area contributed by atoms with Gasteiger partial charge in [0, 0.05) is 0 Å². The molecule has 0 bridgehead atoms. The zero-order chi connectivity index (χ0) is 11.0. The topological polar surface area (TPSA) is 0 Å². The maximum atomic E-state index is 4.07. The predicted molar refractivity (Wildman–Crippen MR) is 66.5 cm³/mol. The summed E-state index contributed by atoms with van der Waals surface area (Å²) in [5.41, 5.74) is 2.61. The molecule has 0 amide bonds. The molecule has 0 spiro atoms. The predicted octanol–water partition coefficient (Wildman–Crippen LogP) is 5.12. The number of hydrogen-bond donors (Lipinski definition) is 0. The first-order valence-electron chi connectivity index (χ1n) is 5.87. The quantitative estimate of drug-likeness (QED) is 0.372. The average molecular weight is 194 g/mol. The van der Waals surface area contributed by atoms with Crippen molar-refractivity contribution in [3.8, 4) is 0 Å². The smallest absolute Gasteiger partial charge is 0.0172 e. The normalized spacial score (nSPS) is 12.5. The molecule has 0 rings (SSSR count).